The summed E-state index contributed by atoms with van der Waals surface area (Å²) < 4.78 is 8.88. The predicted octanol–water partition coefficient (Wildman–Crippen LogP) is 4.94. The average Bonchev–Trinajstić information content (AvgIpc) is 2.75. The van der Waals surface area contributed by atoms with Gasteiger partial charge in [0.1, 0.15) is 17.2 Å². The predicted molar refractivity (Wildman–Crippen MR) is 127 cm³/mol. The van der Waals surface area contributed by atoms with Crippen LogP contribution in [0, 0.1) is 0 Å². The average molecular weight is 464 g/mol. The van der Waals surface area contributed by atoms with Gasteiger partial charge in [-0.25, -0.2) is 4.57 Å². The van der Waals surface area contributed by atoms with Gasteiger partial charge in [0.25, 0.3) is 0 Å². The van der Waals surface area contributed by atoms with Crippen LogP contribution in [0.4, 0.5) is 0 Å². The summed E-state index contributed by atoms with van der Waals surface area (Å²) in [5.74, 6) is 1.21. The van der Waals surface area contributed by atoms with Crippen LogP contribution in [-0.2, 0) is 23.8 Å². The van der Waals surface area contributed by atoms with E-state index >= 15 is 0 Å². The molecule has 0 radical (unpaired) electrons. The molecule has 32 heavy (non-hydrogen) atoms. The van der Waals surface area contributed by atoms with E-state index in [1.807, 2.05) is 75.4 Å². The third kappa shape index (κ3) is 14.2. The van der Waals surface area contributed by atoms with Crippen molar-refractivity contribution >= 4 is 7.82 Å². The molecule has 0 aliphatic rings. The minimum atomic E-state index is -4.64. The molecule has 7 nitrogen and oxygen atoms in total. The lowest BCUT2D eigenvalue weighted by Gasteiger charge is -1.97. The number of phosphoric acid groups is 1. The van der Waals surface area contributed by atoms with Gasteiger partial charge in [-0.05, 0) is 54.2 Å². The van der Waals surface area contributed by atoms with Gasteiger partial charge in [0.2, 0.25) is 0 Å². The Balaban J connectivity index is 0.000000410. The molecule has 6 N–H and O–H groups in total. The minimum absolute atomic E-state index is 0.403. The van der Waals surface area contributed by atoms with E-state index < -0.39 is 7.82 Å². The van der Waals surface area contributed by atoms with Crippen molar-refractivity contribution in [3.63, 3.8) is 0 Å². The quantitative estimate of drug-likeness (QED) is 0.302. The van der Waals surface area contributed by atoms with Crippen LogP contribution >= 0.6 is 7.82 Å². The molecule has 0 atom stereocenters. The molecule has 3 aromatic rings. The molecule has 0 fully saturated rings. The van der Waals surface area contributed by atoms with Gasteiger partial charge < -0.3 is 30.0 Å². The van der Waals surface area contributed by atoms with Crippen LogP contribution in [0.2, 0.25) is 0 Å². The van der Waals surface area contributed by atoms with Crippen LogP contribution in [0.5, 0.6) is 17.2 Å². The van der Waals surface area contributed by atoms with Gasteiger partial charge in [0, 0.05) is 0 Å². The highest BCUT2D eigenvalue weighted by Gasteiger charge is 2.00. The van der Waals surface area contributed by atoms with Crippen molar-refractivity contribution in [2.75, 3.05) is 0 Å². The van der Waals surface area contributed by atoms with Gasteiger partial charge in [-0.15, -0.1) is 0 Å². The van der Waals surface area contributed by atoms with Gasteiger partial charge in [-0.2, -0.15) is 0 Å². The first-order valence-corrected chi connectivity index (χ1v) is 11.7. The molecule has 0 saturated carbocycles. The molecule has 176 valence electrons. The Morgan fingerprint density at radius 1 is 0.531 bits per heavy atom. The lowest BCUT2D eigenvalue weighted by Crippen LogP contribution is -1.77. The maximum atomic E-state index is 9.11. The van der Waals surface area contributed by atoms with Crippen molar-refractivity contribution in [3.05, 3.63) is 89.5 Å². The maximum absolute atomic E-state index is 9.11. The number of para-hydroxylation sites is 3. The van der Waals surface area contributed by atoms with E-state index in [4.69, 9.17) is 34.6 Å². The Bertz CT molecular complexity index is 838. The zero-order valence-electron chi connectivity index (χ0n) is 18.6. The van der Waals surface area contributed by atoms with Crippen molar-refractivity contribution in [1.82, 2.24) is 0 Å². The number of hydrogen-bond donors (Lipinski definition) is 6. The molecule has 3 aromatic carbocycles. The lowest BCUT2D eigenvalue weighted by molar-refractivity contribution is 0.275. The minimum Gasteiger partial charge on any atom is -0.508 e. The van der Waals surface area contributed by atoms with Crippen LogP contribution in [0.3, 0.4) is 0 Å². The van der Waals surface area contributed by atoms with E-state index in [1.54, 1.807) is 18.2 Å². The fourth-order valence-corrected chi connectivity index (χ4v) is 2.43. The largest absolute Gasteiger partial charge is 0.508 e. The van der Waals surface area contributed by atoms with Crippen molar-refractivity contribution in [2.24, 2.45) is 0 Å². The molecule has 0 saturated heterocycles. The van der Waals surface area contributed by atoms with Crippen LogP contribution in [-0.4, -0.2) is 30.0 Å². The highest BCUT2D eigenvalue weighted by molar-refractivity contribution is 7.45. The first kappa shape index (κ1) is 29.2. The number of phenols is 3. The van der Waals surface area contributed by atoms with E-state index in [0.717, 1.165) is 36.0 Å². The molecule has 0 heterocycles. The first-order valence-electron chi connectivity index (χ1n) is 10.1. The Kier molecular flexibility index (Phi) is 14.5. The van der Waals surface area contributed by atoms with E-state index in [2.05, 4.69) is 0 Å². The van der Waals surface area contributed by atoms with Crippen LogP contribution in [0.25, 0.3) is 0 Å². The van der Waals surface area contributed by atoms with Crippen molar-refractivity contribution in [3.8, 4) is 17.2 Å². The van der Waals surface area contributed by atoms with E-state index in [9.17, 15) is 0 Å². The van der Waals surface area contributed by atoms with Gasteiger partial charge in [0.05, 0.1) is 0 Å². The maximum Gasteiger partial charge on any atom is 0.466 e. The number of aryl methyl sites for hydroxylation is 3. The van der Waals surface area contributed by atoms with Crippen molar-refractivity contribution in [2.45, 2.75) is 40.0 Å². The second-order valence-corrected chi connectivity index (χ2v) is 7.49. The number of aromatic hydroxyl groups is 3. The summed E-state index contributed by atoms with van der Waals surface area (Å²) in [5, 5.41) is 27.3. The summed E-state index contributed by atoms with van der Waals surface area (Å²) in [6, 6.07) is 22.2. The van der Waals surface area contributed by atoms with E-state index in [0.29, 0.717) is 17.2 Å². The third-order valence-corrected chi connectivity index (χ3v) is 4.12. The van der Waals surface area contributed by atoms with Crippen LogP contribution in [0.1, 0.15) is 37.5 Å². The van der Waals surface area contributed by atoms with E-state index in [1.165, 1.54) is 0 Å². The highest BCUT2D eigenvalue weighted by atomic mass is 31.2. The molecule has 0 unspecified atom stereocenters. The second-order valence-electron chi connectivity index (χ2n) is 6.46. The van der Waals surface area contributed by atoms with E-state index in [-0.39, 0.29) is 0 Å². The van der Waals surface area contributed by atoms with Crippen molar-refractivity contribution in [1.29, 1.82) is 0 Å². The molecule has 3 rings (SSSR count). The molecule has 0 aliphatic heterocycles. The molecule has 0 aromatic heterocycles. The highest BCUT2D eigenvalue weighted by Crippen LogP contribution is 2.25. The zero-order valence-corrected chi connectivity index (χ0v) is 19.5. The fraction of sp³-hybridized carbons (Fsp3) is 0.250. The molecule has 0 amide bonds. The van der Waals surface area contributed by atoms with Gasteiger partial charge in [0.15, 0.2) is 0 Å². The third-order valence-electron chi connectivity index (χ3n) is 4.12. The van der Waals surface area contributed by atoms with Crippen LogP contribution < -0.4 is 0 Å². The number of rotatable bonds is 3. The van der Waals surface area contributed by atoms with Crippen molar-refractivity contribution < 1.29 is 34.6 Å². The summed E-state index contributed by atoms with van der Waals surface area (Å²) in [5.41, 5.74) is 3.03. The smallest absolute Gasteiger partial charge is 0.466 e. The zero-order chi connectivity index (χ0) is 24.6. The SMILES string of the molecule is CCc1ccccc1O.CCc1ccccc1O.CCc1ccccc1O.O=P(O)(O)O. The Hall–Kier alpha value is -2.83. The monoisotopic (exact) mass is 464 g/mol. The fourth-order valence-electron chi connectivity index (χ4n) is 2.43. The Morgan fingerprint density at radius 3 is 0.844 bits per heavy atom. The number of hydrogen-bond acceptors (Lipinski definition) is 4. The summed E-state index contributed by atoms with van der Waals surface area (Å²) in [6.45, 7) is 6.07. The Morgan fingerprint density at radius 2 is 0.719 bits per heavy atom. The molecule has 0 aliphatic carbocycles. The number of benzene rings is 3. The van der Waals surface area contributed by atoms with Gasteiger partial charge in [-0.1, -0.05) is 75.4 Å². The van der Waals surface area contributed by atoms with Gasteiger partial charge >= 0.3 is 7.82 Å². The summed E-state index contributed by atoms with van der Waals surface area (Å²) in [7, 11) is -4.64. The molecule has 0 spiro atoms. The topological polar surface area (TPSA) is 138 Å². The molecule has 0 bridgehead atoms. The first-order chi connectivity index (χ1) is 15.0. The summed E-state index contributed by atoms with van der Waals surface area (Å²) >= 11 is 0. The summed E-state index contributed by atoms with van der Waals surface area (Å²) in [6.07, 6.45) is 2.69. The second kappa shape index (κ2) is 15.9. The van der Waals surface area contributed by atoms with Crippen LogP contribution in [0.15, 0.2) is 72.8 Å². The normalized spacial score (nSPS) is 9.81. The number of phenolic OH excluding ortho intramolecular Hbond substituents is 3. The Labute approximate surface area is 189 Å². The standard InChI is InChI=1S/3C8H10O.H3O4P/c3*1-2-7-5-3-4-6-8(7)9;1-5(2,3)4/h3*3-6,9H,2H2,1H3;(H3,1,2,3,4). The molecular weight excluding hydrogens is 431 g/mol. The van der Waals surface area contributed by atoms with Gasteiger partial charge in [-0.3, -0.25) is 0 Å². The summed E-state index contributed by atoms with van der Waals surface area (Å²) in [4.78, 5) is 21.6. The molecular formula is C24H33O7P. The lowest BCUT2D eigenvalue weighted by atomic mass is 10.1. The molecule has 8 heteroatoms.